The quantitative estimate of drug-likeness (QED) is 0.690. The molecule has 2 rings (SSSR count). The van der Waals surface area contributed by atoms with Crippen molar-refractivity contribution in [2.24, 2.45) is 0 Å². The number of carbonyl (C=O) groups excluding carboxylic acids is 2. The van der Waals surface area contributed by atoms with Crippen molar-refractivity contribution >= 4 is 11.9 Å². The maximum absolute atomic E-state index is 11.3. The number of rotatable bonds is 2. The van der Waals surface area contributed by atoms with Crippen LogP contribution < -0.4 is 10.4 Å². The van der Waals surface area contributed by atoms with Crippen LogP contribution >= 0.6 is 0 Å². The molecule has 14 heavy (non-hydrogen) atoms. The number of fused-ring (bicyclic) bond motifs is 1. The van der Waals surface area contributed by atoms with Crippen molar-refractivity contribution in [1.82, 2.24) is 5.32 Å². The Balaban J connectivity index is 2.34. The van der Waals surface area contributed by atoms with Crippen LogP contribution in [0.5, 0.6) is 0 Å². The zero-order chi connectivity index (χ0) is 10.1. The molecule has 1 aliphatic heterocycles. The molecule has 72 valence electrons. The molecule has 1 aromatic rings. The van der Waals surface area contributed by atoms with Crippen molar-refractivity contribution in [2.45, 2.75) is 12.5 Å². The third kappa shape index (κ3) is 1.35. The van der Waals surface area contributed by atoms with E-state index < -0.39 is 12.0 Å². The van der Waals surface area contributed by atoms with Crippen molar-refractivity contribution in [1.29, 1.82) is 0 Å². The standard InChI is InChI=1S/C10H9NO3/c12-9(13)5-8-6-3-1-2-4-7(6)10(14)11-8/h1-4,8H,5H2,(H,11,14)(H,12,13)/p-1/t8-/m0/s1. The second kappa shape index (κ2) is 3.14. The molecular weight excluding hydrogens is 182 g/mol. The highest BCUT2D eigenvalue weighted by atomic mass is 16.4. The molecule has 1 aromatic carbocycles. The van der Waals surface area contributed by atoms with Crippen LogP contribution in [0, 0.1) is 0 Å². The van der Waals surface area contributed by atoms with Crippen LogP contribution in [-0.4, -0.2) is 11.9 Å². The lowest BCUT2D eigenvalue weighted by Gasteiger charge is -2.11. The third-order valence-corrected chi connectivity index (χ3v) is 2.26. The normalized spacial score (nSPS) is 18.9. The summed E-state index contributed by atoms with van der Waals surface area (Å²) in [4.78, 5) is 21.7. The number of benzene rings is 1. The van der Waals surface area contributed by atoms with Gasteiger partial charge in [0.25, 0.3) is 5.91 Å². The molecule has 4 heteroatoms. The first-order chi connectivity index (χ1) is 6.68. The van der Waals surface area contributed by atoms with Crippen LogP contribution in [0.1, 0.15) is 28.4 Å². The minimum Gasteiger partial charge on any atom is -0.550 e. The van der Waals surface area contributed by atoms with Gasteiger partial charge in [-0.1, -0.05) is 18.2 Å². The molecule has 0 aliphatic carbocycles. The van der Waals surface area contributed by atoms with E-state index in [1.807, 2.05) is 0 Å². The van der Waals surface area contributed by atoms with Crippen LogP contribution in [0.2, 0.25) is 0 Å². The molecule has 0 fully saturated rings. The highest BCUT2D eigenvalue weighted by Gasteiger charge is 2.27. The lowest BCUT2D eigenvalue weighted by Crippen LogP contribution is -2.29. The van der Waals surface area contributed by atoms with Gasteiger partial charge in [-0.15, -0.1) is 0 Å². The minimum absolute atomic E-state index is 0.178. The molecule has 0 aromatic heterocycles. The number of amides is 1. The first-order valence-corrected chi connectivity index (χ1v) is 4.28. The Morgan fingerprint density at radius 3 is 2.86 bits per heavy atom. The van der Waals surface area contributed by atoms with Gasteiger partial charge in [0.15, 0.2) is 0 Å². The smallest absolute Gasteiger partial charge is 0.252 e. The average Bonchev–Trinajstić information content (AvgIpc) is 2.44. The van der Waals surface area contributed by atoms with E-state index >= 15 is 0 Å². The van der Waals surface area contributed by atoms with Crippen molar-refractivity contribution < 1.29 is 14.7 Å². The lowest BCUT2D eigenvalue weighted by atomic mass is 10.0. The fraction of sp³-hybridized carbons (Fsp3) is 0.200. The zero-order valence-corrected chi connectivity index (χ0v) is 7.32. The van der Waals surface area contributed by atoms with Gasteiger partial charge in [-0.25, -0.2) is 0 Å². The molecule has 1 N–H and O–H groups in total. The predicted octanol–water partition coefficient (Wildman–Crippen LogP) is -0.389. The predicted molar refractivity (Wildman–Crippen MR) is 46.3 cm³/mol. The van der Waals surface area contributed by atoms with E-state index in [1.165, 1.54) is 0 Å². The van der Waals surface area contributed by atoms with E-state index in [1.54, 1.807) is 24.3 Å². The van der Waals surface area contributed by atoms with Gasteiger partial charge in [0.2, 0.25) is 0 Å². The van der Waals surface area contributed by atoms with Crippen LogP contribution in [0.3, 0.4) is 0 Å². The zero-order valence-electron chi connectivity index (χ0n) is 7.32. The van der Waals surface area contributed by atoms with Gasteiger partial charge in [-0.3, -0.25) is 4.79 Å². The van der Waals surface area contributed by atoms with Gasteiger partial charge in [-0.05, 0) is 11.6 Å². The second-order valence-corrected chi connectivity index (χ2v) is 3.19. The highest BCUT2D eigenvalue weighted by Crippen LogP contribution is 2.26. The second-order valence-electron chi connectivity index (χ2n) is 3.19. The van der Waals surface area contributed by atoms with E-state index in [0.29, 0.717) is 5.56 Å². The molecule has 1 atom stereocenters. The molecule has 1 amide bonds. The fourth-order valence-corrected chi connectivity index (χ4v) is 1.65. The first kappa shape index (κ1) is 8.74. The largest absolute Gasteiger partial charge is 0.550 e. The van der Waals surface area contributed by atoms with Crippen LogP contribution in [0.4, 0.5) is 0 Å². The number of carboxylic acids is 1. The number of hydrogen-bond donors (Lipinski definition) is 1. The summed E-state index contributed by atoms with van der Waals surface area (Å²) in [6.45, 7) is 0. The maximum Gasteiger partial charge on any atom is 0.252 e. The van der Waals surface area contributed by atoms with E-state index in [-0.39, 0.29) is 12.3 Å². The molecule has 0 radical (unpaired) electrons. The van der Waals surface area contributed by atoms with Crippen molar-refractivity contribution in [3.8, 4) is 0 Å². The van der Waals surface area contributed by atoms with Crippen LogP contribution in [-0.2, 0) is 4.79 Å². The average molecular weight is 190 g/mol. The van der Waals surface area contributed by atoms with Crippen molar-refractivity contribution in [3.05, 3.63) is 35.4 Å². The van der Waals surface area contributed by atoms with E-state index in [2.05, 4.69) is 5.32 Å². The summed E-state index contributed by atoms with van der Waals surface area (Å²) in [5.74, 6) is -1.38. The lowest BCUT2D eigenvalue weighted by molar-refractivity contribution is -0.306. The highest BCUT2D eigenvalue weighted by molar-refractivity contribution is 5.99. The summed E-state index contributed by atoms with van der Waals surface area (Å²) < 4.78 is 0. The SMILES string of the molecule is O=C([O-])C[C@@H]1NC(=O)c2ccccc21. The van der Waals surface area contributed by atoms with E-state index in [4.69, 9.17) is 0 Å². The Bertz CT molecular complexity index is 398. The molecule has 0 saturated heterocycles. The molecule has 0 unspecified atom stereocenters. The number of carbonyl (C=O) groups is 2. The van der Waals surface area contributed by atoms with Gasteiger partial charge in [-0.2, -0.15) is 0 Å². The summed E-state index contributed by atoms with van der Waals surface area (Å²) in [5.41, 5.74) is 1.29. The monoisotopic (exact) mass is 190 g/mol. The van der Waals surface area contributed by atoms with Gasteiger partial charge >= 0.3 is 0 Å². The molecule has 0 bridgehead atoms. The third-order valence-electron chi connectivity index (χ3n) is 2.26. The Labute approximate surface area is 80.6 Å². The summed E-state index contributed by atoms with van der Waals surface area (Å²) in [6, 6.07) is 6.52. The van der Waals surface area contributed by atoms with Gasteiger partial charge in [0.1, 0.15) is 0 Å². The minimum atomic E-state index is -1.16. The number of carboxylic acid groups (broad SMARTS) is 1. The molecule has 1 aliphatic rings. The van der Waals surface area contributed by atoms with Gasteiger partial charge in [0.05, 0.1) is 6.04 Å². The summed E-state index contributed by atoms with van der Waals surface area (Å²) >= 11 is 0. The Hall–Kier alpha value is -1.84. The molecular formula is C10H8NO3-. The summed E-state index contributed by atoms with van der Waals surface area (Å²) in [7, 11) is 0. The Morgan fingerprint density at radius 1 is 1.43 bits per heavy atom. The molecule has 4 nitrogen and oxygen atoms in total. The fourth-order valence-electron chi connectivity index (χ4n) is 1.65. The number of nitrogens with one attached hydrogen (secondary N) is 1. The molecule has 0 saturated carbocycles. The molecule has 1 heterocycles. The first-order valence-electron chi connectivity index (χ1n) is 4.28. The summed E-state index contributed by atoms with van der Waals surface area (Å²) in [5, 5.41) is 13.0. The topological polar surface area (TPSA) is 69.2 Å². The van der Waals surface area contributed by atoms with Gasteiger partial charge < -0.3 is 15.2 Å². The maximum atomic E-state index is 11.3. The van der Waals surface area contributed by atoms with Crippen molar-refractivity contribution in [3.63, 3.8) is 0 Å². The number of aliphatic carboxylic acids is 1. The van der Waals surface area contributed by atoms with E-state index in [0.717, 1.165) is 5.56 Å². The summed E-state index contributed by atoms with van der Waals surface area (Å²) in [6.07, 6.45) is -0.178. The van der Waals surface area contributed by atoms with Crippen molar-refractivity contribution in [2.75, 3.05) is 0 Å². The van der Waals surface area contributed by atoms with Crippen LogP contribution in [0.15, 0.2) is 24.3 Å². The Kier molecular flexibility index (Phi) is 1.96. The number of hydrogen-bond acceptors (Lipinski definition) is 3. The van der Waals surface area contributed by atoms with Gasteiger partial charge in [0, 0.05) is 18.0 Å². The molecule has 0 spiro atoms. The van der Waals surface area contributed by atoms with Crippen LogP contribution in [0.25, 0.3) is 0 Å². The van der Waals surface area contributed by atoms with E-state index in [9.17, 15) is 14.7 Å². The Morgan fingerprint density at radius 2 is 2.14 bits per heavy atom.